The Labute approximate surface area is 107 Å². The van der Waals surface area contributed by atoms with Gasteiger partial charge in [0.25, 0.3) is 0 Å². The van der Waals surface area contributed by atoms with Crippen LogP contribution in [0.25, 0.3) is 0 Å². The molecule has 3 unspecified atom stereocenters. The van der Waals surface area contributed by atoms with Crippen LogP contribution >= 0.6 is 0 Å². The molecule has 2 nitrogen and oxygen atoms in total. The Hall–Kier alpha value is -0.0800. The summed E-state index contributed by atoms with van der Waals surface area (Å²) in [5.41, 5.74) is 0. The molecule has 0 radical (unpaired) electrons. The van der Waals surface area contributed by atoms with Crippen molar-refractivity contribution in [2.24, 2.45) is 5.92 Å². The minimum Gasteiger partial charge on any atom is -0.313 e. The Kier molecular flexibility index (Phi) is 5.30. The molecular formula is C15H30N2. The molecule has 1 saturated heterocycles. The molecule has 17 heavy (non-hydrogen) atoms. The summed E-state index contributed by atoms with van der Waals surface area (Å²) in [4.78, 5) is 2.79. The summed E-state index contributed by atoms with van der Waals surface area (Å²) < 4.78 is 0. The van der Waals surface area contributed by atoms with E-state index in [1.54, 1.807) is 0 Å². The molecule has 3 atom stereocenters. The predicted octanol–water partition coefficient (Wildman–Crippen LogP) is 3.03. The van der Waals surface area contributed by atoms with Crippen LogP contribution in [0.15, 0.2) is 0 Å². The molecule has 0 aromatic rings. The number of rotatable bonds is 6. The lowest BCUT2D eigenvalue weighted by molar-refractivity contribution is 0.178. The van der Waals surface area contributed by atoms with Gasteiger partial charge in [0.15, 0.2) is 0 Å². The second kappa shape index (κ2) is 6.75. The first-order valence-electron chi connectivity index (χ1n) is 7.80. The zero-order valence-electron chi connectivity index (χ0n) is 11.8. The van der Waals surface area contributed by atoms with E-state index in [-0.39, 0.29) is 0 Å². The summed E-state index contributed by atoms with van der Waals surface area (Å²) in [7, 11) is 0. The number of nitrogens with one attached hydrogen (secondary N) is 1. The van der Waals surface area contributed by atoms with E-state index >= 15 is 0 Å². The van der Waals surface area contributed by atoms with E-state index in [2.05, 4.69) is 24.1 Å². The second-order valence-electron chi connectivity index (χ2n) is 6.03. The van der Waals surface area contributed by atoms with Gasteiger partial charge in [-0.25, -0.2) is 0 Å². The van der Waals surface area contributed by atoms with E-state index in [0.717, 1.165) is 18.0 Å². The topological polar surface area (TPSA) is 15.3 Å². The first-order valence-corrected chi connectivity index (χ1v) is 7.80. The van der Waals surface area contributed by atoms with E-state index in [0.29, 0.717) is 0 Å². The fourth-order valence-corrected chi connectivity index (χ4v) is 3.66. The highest BCUT2D eigenvalue weighted by Crippen LogP contribution is 2.31. The van der Waals surface area contributed by atoms with Crippen molar-refractivity contribution in [3.8, 4) is 0 Å². The third-order valence-corrected chi connectivity index (χ3v) is 4.74. The molecule has 0 aromatic carbocycles. The van der Waals surface area contributed by atoms with Gasteiger partial charge in [-0.15, -0.1) is 0 Å². The molecule has 100 valence electrons. The molecule has 0 spiro atoms. The highest BCUT2D eigenvalue weighted by Gasteiger charge is 2.29. The van der Waals surface area contributed by atoms with Crippen molar-refractivity contribution in [2.45, 2.75) is 70.9 Å². The maximum atomic E-state index is 3.65. The van der Waals surface area contributed by atoms with E-state index in [1.807, 2.05) is 0 Å². The molecule has 0 aromatic heterocycles. The normalized spacial score (nSPS) is 33.7. The van der Waals surface area contributed by atoms with Gasteiger partial charge in [0.1, 0.15) is 0 Å². The Morgan fingerprint density at radius 3 is 2.65 bits per heavy atom. The molecule has 1 heterocycles. The van der Waals surface area contributed by atoms with Gasteiger partial charge < -0.3 is 5.32 Å². The standard InChI is InChI=1S/C15H30N2/c1-3-10-17(12-14-6-5-9-16-14)15-8-7-13(4-2)11-15/h13-16H,3-12H2,1-2H3. The van der Waals surface area contributed by atoms with E-state index < -0.39 is 0 Å². The summed E-state index contributed by atoms with van der Waals surface area (Å²) >= 11 is 0. The average molecular weight is 238 g/mol. The lowest BCUT2D eigenvalue weighted by Gasteiger charge is -2.31. The van der Waals surface area contributed by atoms with E-state index in [1.165, 1.54) is 64.6 Å². The van der Waals surface area contributed by atoms with Crippen LogP contribution in [0.1, 0.15) is 58.8 Å². The zero-order valence-corrected chi connectivity index (χ0v) is 11.8. The first-order chi connectivity index (χ1) is 8.33. The fourth-order valence-electron chi connectivity index (χ4n) is 3.66. The van der Waals surface area contributed by atoms with Crippen LogP contribution in [-0.4, -0.2) is 36.6 Å². The fraction of sp³-hybridized carbons (Fsp3) is 1.00. The summed E-state index contributed by atoms with van der Waals surface area (Å²) in [6.07, 6.45) is 9.85. The first kappa shape index (κ1) is 13.4. The molecule has 2 aliphatic rings. The predicted molar refractivity (Wildman–Crippen MR) is 74.3 cm³/mol. The van der Waals surface area contributed by atoms with Crippen molar-refractivity contribution < 1.29 is 0 Å². The summed E-state index contributed by atoms with van der Waals surface area (Å²) in [5, 5.41) is 3.65. The van der Waals surface area contributed by atoms with Gasteiger partial charge in [-0.05, 0) is 57.5 Å². The molecule has 0 bridgehead atoms. The molecule has 1 aliphatic carbocycles. The van der Waals surface area contributed by atoms with Crippen LogP contribution in [0, 0.1) is 5.92 Å². The molecule has 2 fully saturated rings. The van der Waals surface area contributed by atoms with Gasteiger partial charge >= 0.3 is 0 Å². The van der Waals surface area contributed by atoms with Crippen LogP contribution < -0.4 is 5.32 Å². The van der Waals surface area contributed by atoms with E-state index in [4.69, 9.17) is 0 Å². The monoisotopic (exact) mass is 238 g/mol. The van der Waals surface area contributed by atoms with Gasteiger partial charge in [0.2, 0.25) is 0 Å². The SMILES string of the molecule is CCCN(CC1CCCN1)C1CCC(CC)C1. The Bertz CT molecular complexity index is 211. The quantitative estimate of drug-likeness (QED) is 0.765. The zero-order chi connectivity index (χ0) is 12.1. The van der Waals surface area contributed by atoms with Crippen molar-refractivity contribution in [1.82, 2.24) is 10.2 Å². The van der Waals surface area contributed by atoms with Crippen molar-refractivity contribution in [2.75, 3.05) is 19.6 Å². The van der Waals surface area contributed by atoms with Crippen molar-refractivity contribution >= 4 is 0 Å². The molecule has 1 saturated carbocycles. The van der Waals surface area contributed by atoms with Gasteiger partial charge in [-0.1, -0.05) is 20.3 Å². The Morgan fingerprint density at radius 1 is 1.18 bits per heavy atom. The number of hydrogen-bond donors (Lipinski definition) is 1. The van der Waals surface area contributed by atoms with Crippen LogP contribution in [0.2, 0.25) is 0 Å². The van der Waals surface area contributed by atoms with Crippen LogP contribution in [-0.2, 0) is 0 Å². The van der Waals surface area contributed by atoms with Crippen LogP contribution in [0.3, 0.4) is 0 Å². The van der Waals surface area contributed by atoms with Crippen molar-refractivity contribution in [3.05, 3.63) is 0 Å². The van der Waals surface area contributed by atoms with Crippen molar-refractivity contribution in [3.63, 3.8) is 0 Å². The molecular weight excluding hydrogens is 208 g/mol. The van der Waals surface area contributed by atoms with Gasteiger partial charge in [-0.3, -0.25) is 4.90 Å². The maximum absolute atomic E-state index is 3.65. The smallest absolute Gasteiger partial charge is 0.0195 e. The number of hydrogen-bond acceptors (Lipinski definition) is 2. The maximum Gasteiger partial charge on any atom is 0.0195 e. The Balaban J connectivity index is 1.83. The van der Waals surface area contributed by atoms with Crippen LogP contribution in [0.5, 0.6) is 0 Å². The summed E-state index contributed by atoms with van der Waals surface area (Å²) in [5.74, 6) is 1.01. The third-order valence-electron chi connectivity index (χ3n) is 4.74. The van der Waals surface area contributed by atoms with Crippen molar-refractivity contribution in [1.29, 1.82) is 0 Å². The third kappa shape index (κ3) is 3.69. The highest BCUT2D eigenvalue weighted by atomic mass is 15.2. The summed E-state index contributed by atoms with van der Waals surface area (Å²) in [6, 6.07) is 1.67. The average Bonchev–Trinajstić information content (AvgIpc) is 2.99. The van der Waals surface area contributed by atoms with Gasteiger partial charge in [0, 0.05) is 18.6 Å². The highest BCUT2D eigenvalue weighted by molar-refractivity contribution is 4.86. The lowest BCUT2D eigenvalue weighted by Crippen LogP contribution is -2.43. The lowest BCUT2D eigenvalue weighted by atomic mass is 10.0. The minimum absolute atomic E-state index is 0.780. The van der Waals surface area contributed by atoms with Gasteiger partial charge in [-0.2, -0.15) is 0 Å². The molecule has 1 N–H and O–H groups in total. The molecule has 1 aliphatic heterocycles. The summed E-state index contributed by atoms with van der Waals surface area (Å²) in [6.45, 7) is 8.53. The molecule has 2 rings (SSSR count). The number of nitrogens with zero attached hydrogens (tertiary/aromatic N) is 1. The Morgan fingerprint density at radius 2 is 2.06 bits per heavy atom. The van der Waals surface area contributed by atoms with Crippen LogP contribution in [0.4, 0.5) is 0 Å². The van der Waals surface area contributed by atoms with E-state index in [9.17, 15) is 0 Å². The second-order valence-corrected chi connectivity index (χ2v) is 6.03. The molecule has 2 heteroatoms. The van der Waals surface area contributed by atoms with Gasteiger partial charge in [0.05, 0.1) is 0 Å². The minimum atomic E-state index is 0.780. The largest absolute Gasteiger partial charge is 0.313 e. The molecule has 0 amide bonds.